The number of hydrogen-bond acceptors (Lipinski definition) is 10. The molecule has 2 unspecified atom stereocenters. The Hall–Kier alpha value is -5.77. The second-order valence-electron chi connectivity index (χ2n) is 12.7. The Balaban J connectivity index is 1.12. The van der Waals surface area contributed by atoms with E-state index in [9.17, 15) is 14.9 Å². The van der Waals surface area contributed by atoms with Crippen LogP contribution in [0.2, 0.25) is 0 Å². The second-order valence-corrected chi connectivity index (χ2v) is 12.7. The molecule has 0 bridgehead atoms. The zero-order valence-electron chi connectivity index (χ0n) is 25.6. The molecular formula is C33H30N8O5. The summed E-state index contributed by atoms with van der Waals surface area (Å²) in [6.07, 6.45) is 5.14. The molecule has 7 rings (SSSR count). The van der Waals surface area contributed by atoms with Gasteiger partial charge in [0, 0.05) is 42.5 Å². The summed E-state index contributed by atoms with van der Waals surface area (Å²) in [4.78, 5) is 38.9. The van der Waals surface area contributed by atoms with Gasteiger partial charge in [-0.25, -0.2) is 24.3 Å². The van der Waals surface area contributed by atoms with E-state index in [1.54, 1.807) is 33.8 Å². The number of nitrogens with one attached hydrogen (secondary N) is 1. The molecule has 1 saturated heterocycles. The number of rotatable bonds is 5. The lowest BCUT2D eigenvalue weighted by Gasteiger charge is -2.25. The van der Waals surface area contributed by atoms with E-state index in [1.165, 1.54) is 18.7 Å². The summed E-state index contributed by atoms with van der Waals surface area (Å²) in [5.74, 6) is 8.25. The van der Waals surface area contributed by atoms with Crippen LogP contribution >= 0.6 is 0 Å². The number of carbonyl (C=O) groups excluding carboxylic acids is 1. The fourth-order valence-electron chi connectivity index (χ4n) is 5.74. The van der Waals surface area contributed by atoms with Crippen molar-refractivity contribution in [2.75, 3.05) is 18.4 Å². The molecule has 1 amide bonds. The first kappa shape index (κ1) is 29.0. The van der Waals surface area contributed by atoms with Gasteiger partial charge in [0.05, 0.1) is 15.9 Å². The monoisotopic (exact) mass is 618 g/mol. The van der Waals surface area contributed by atoms with Crippen LogP contribution in [0.3, 0.4) is 0 Å². The van der Waals surface area contributed by atoms with E-state index in [1.807, 2.05) is 45.9 Å². The Morgan fingerprint density at radius 2 is 1.98 bits per heavy atom. The summed E-state index contributed by atoms with van der Waals surface area (Å²) in [6, 6.07) is 12.3. The molecule has 1 aliphatic carbocycles. The number of hydrogen-bond donors (Lipinski definition) is 1. The SMILES string of the molecule is Cc1cc(Nc2ncnc3cc(C#CC45CC4CN(C(=O)OC(C)(C)C)C5)c([N+](=O)[O-])cc23)ccc1Oc1ccn2ncnc2c1. The number of likely N-dealkylation sites (tertiary alicyclic amines) is 1. The Morgan fingerprint density at radius 1 is 1.13 bits per heavy atom. The number of ether oxygens (including phenoxy) is 2. The standard InChI is InChI=1S/C33H30N8O5/c1-20-11-23(5-6-28(20)45-24-8-10-40-29(13-24)35-19-37-40)38-30-25-14-27(41(43)44)21(12-26(25)34-18-36-30)7-9-33-15-22(33)16-39(17-33)31(42)46-32(2,3)4/h5-6,8,10-14,18-19,22H,15-17H2,1-4H3,(H,34,36,38). The number of nitro groups is 1. The number of pyridine rings is 1. The summed E-state index contributed by atoms with van der Waals surface area (Å²) in [6.45, 7) is 8.42. The molecule has 1 saturated carbocycles. The molecule has 2 aliphatic rings. The molecule has 0 radical (unpaired) electrons. The fourth-order valence-corrected chi connectivity index (χ4v) is 5.74. The van der Waals surface area contributed by atoms with Gasteiger partial charge in [-0.05, 0) is 75.9 Å². The van der Waals surface area contributed by atoms with Crippen LogP contribution in [0.5, 0.6) is 11.5 Å². The molecule has 13 nitrogen and oxygen atoms in total. The highest BCUT2D eigenvalue weighted by molar-refractivity contribution is 5.93. The largest absolute Gasteiger partial charge is 0.457 e. The van der Waals surface area contributed by atoms with Crippen LogP contribution in [0.1, 0.15) is 38.3 Å². The topological polar surface area (TPSA) is 150 Å². The van der Waals surface area contributed by atoms with Crippen molar-refractivity contribution < 1.29 is 19.2 Å². The molecule has 2 fully saturated rings. The number of benzene rings is 2. The van der Waals surface area contributed by atoms with Crippen LogP contribution in [-0.2, 0) is 4.74 Å². The normalized spacial score (nSPS) is 18.5. The first-order valence-electron chi connectivity index (χ1n) is 14.8. The van der Waals surface area contributed by atoms with E-state index in [0.29, 0.717) is 47.0 Å². The van der Waals surface area contributed by atoms with E-state index < -0.39 is 10.5 Å². The van der Waals surface area contributed by atoms with Crippen molar-refractivity contribution >= 4 is 39.8 Å². The average Bonchev–Trinajstić information content (AvgIpc) is 3.30. The van der Waals surface area contributed by atoms with Gasteiger partial charge < -0.3 is 19.7 Å². The number of nitro benzene ring substituents is 1. The molecule has 1 N–H and O–H groups in total. The zero-order valence-corrected chi connectivity index (χ0v) is 25.6. The molecule has 46 heavy (non-hydrogen) atoms. The maximum Gasteiger partial charge on any atom is 0.410 e. The lowest BCUT2D eigenvalue weighted by Crippen LogP contribution is -2.37. The molecular weight excluding hydrogens is 588 g/mol. The van der Waals surface area contributed by atoms with Crippen molar-refractivity contribution in [2.24, 2.45) is 11.3 Å². The van der Waals surface area contributed by atoms with Crippen molar-refractivity contribution in [1.29, 1.82) is 0 Å². The first-order chi connectivity index (χ1) is 22.0. The van der Waals surface area contributed by atoms with Crippen molar-refractivity contribution in [3.63, 3.8) is 0 Å². The first-order valence-corrected chi connectivity index (χ1v) is 14.8. The predicted octanol–water partition coefficient (Wildman–Crippen LogP) is 6.03. The molecule has 232 valence electrons. The van der Waals surface area contributed by atoms with Crippen LogP contribution in [0, 0.1) is 40.2 Å². The number of fused-ring (bicyclic) bond motifs is 3. The lowest BCUT2D eigenvalue weighted by atomic mass is 10.0. The number of aromatic nitrogens is 5. The zero-order chi connectivity index (χ0) is 32.2. The average molecular weight is 619 g/mol. The molecule has 13 heteroatoms. The predicted molar refractivity (Wildman–Crippen MR) is 169 cm³/mol. The molecule has 2 aromatic carbocycles. The van der Waals surface area contributed by atoms with Crippen LogP contribution < -0.4 is 10.1 Å². The van der Waals surface area contributed by atoms with E-state index >= 15 is 0 Å². The van der Waals surface area contributed by atoms with Crippen molar-refractivity contribution in [1.82, 2.24) is 29.5 Å². The summed E-state index contributed by atoms with van der Waals surface area (Å²) in [5.41, 5.74) is 1.93. The van der Waals surface area contributed by atoms with Crippen LogP contribution in [0.4, 0.5) is 22.0 Å². The van der Waals surface area contributed by atoms with Gasteiger partial charge in [-0.1, -0.05) is 11.8 Å². The van der Waals surface area contributed by atoms with Gasteiger partial charge in [-0.3, -0.25) is 10.1 Å². The third-order valence-corrected chi connectivity index (χ3v) is 8.11. The number of anilines is 2. The maximum absolute atomic E-state index is 12.6. The van der Waals surface area contributed by atoms with E-state index in [4.69, 9.17) is 9.47 Å². The number of amides is 1. The molecule has 4 heterocycles. The van der Waals surface area contributed by atoms with Gasteiger partial charge in [-0.2, -0.15) is 5.10 Å². The smallest absolute Gasteiger partial charge is 0.410 e. The Bertz CT molecular complexity index is 2110. The van der Waals surface area contributed by atoms with Crippen molar-refractivity contribution in [3.05, 3.63) is 82.6 Å². The molecule has 2 atom stereocenters. The second kappa shape index (κ2) is 10.7. The van der Waals surface area contributed by atoms with Crippen LogP contribution in [0.15, 0.2) is 61.3 Å². The Labute approximate surface area is 263 Å². The Kier molecular flexibility index (Phi) is 6.73. The number of aryl methyl sites for hydroxylation is 1. The summed E-state index contributed by atoms with van der Waals surface area (Å²) < 4.78 is 13.2. The van der Waals surface area contributed by atoms with Crippen LogP contribution in [0.25, 0.3) is 16.6 Å². The summed E-state index contributed by atoms with van der Waals surface area (Å²) >= 11 is 0. The third kappa shape index (κ3) is 5.61. The van der Waals surface area contributed by atoms with E-state index in [0.717, 1.165) is 17.7 Å². The van der Waals surface area contributed by atoms with Gasteiger partial charge >= 0.3 is 6.09 Å². The fraction of sp³-hybridized carbons (Fsp3) is 0.303. The molecule has 1 aliphatic heterocycles. The molecule has 5 aromatic rings. The van der Waals surface area contributed by atoms with E-state index in [2.05, 4.69) is 37.2 Å². The Morgan fingerprint density at radius 3 is 2.76 bits per heavy atom. The highest BCUT2D eigenvalue weighted by Crippen LogP contribution is 2.57. The minimum Gasteiger partial charge on any atom is -0.457 e. The van der Waals surface area contributed by atoms with Gasteiger partial charge in [0.2, 0.25) is 0 Å². The minimum atomic E-state index is -0.587. The van der Waals surface area contributed by atoms with E-state index in [-0.39, 0.29) is 28.7 Å². The highest BCUT2D eigenvalue weighted by Gasteiger charge is 2.60. The number of nitrogens with zero attached hydrogens (tertiary/aromatic N) is 7. The molecule has 0 spiro atoms. The van der Waals surface area contributed by atoms with Gasteiger partial charge in [-0.15, -0.1) is 0 Å². The van der Waals surface area contributed by atoms with Crippen LogP contribution in [-0.4, -0.2) is 59.2 Å². The summed E-state index contributed by atoms with van der Waals surface area (Å²) in [5, 5.41) is 20.0. The quantitative estimate of drug-likeness (QED) is 0.140. The van der Waals surface area contributed by atoms with Crippen molar-refractivity contribution in [2.45, 2.75) is 39.7 Å². The number of piperidine rings is 1. The van der Waals surface area contributed by atoms with Gasteiger partial charge in [0.15, 0.2) is 5.65 Å². The number of carbonyl (C=O) groups is 1. The van der Waals surface area contributed by atoms with Gasteiger partial charge in [0.25, 0.3) is 5.69 Å². The van der Waals surface area contributed by atoms with Crippen molar-refractivity contribution in [3.8, 4) is 23.3 Å². The van der Waals surface area contributed by atoms with Gasteiger partial charge in [0.1, 0.15) is 41.1 Å². The highest BCUT2D eigenvalue weighted by atomic mass is 16.6. The molecule has 3 aromatic heterocycles. The minimum absolute atomic E-state index is 0.141. The lowest BCUT2D eigenvalue weighted by molar-refractivity contribution is -0.385. The summed E-state index contributed by atoms with van der Waals surface area (Å²) in [7, 11) is 0. The third-order valence-electron chi connectivity index (χ3n) is 8.11. The maximum atomic E-state index is 12.6.